The molecule has 0 saturated carbocycles. The summed E-state index contributed by atoms with van der Waals surface area (Å²) in [6, 6.07) is 11.2. The van der Waals surface area contributed by atoms with E-state index in [-0.39, 0.29) is 12.5 Å². The third-order valence-electron chi connectivity index (χ3n) is 3.03. The standard InChI is InChI=1S/C17H16Br2N2O3/c1-11-3-5-16(14(19)7-11)24-10-17(22)21-20-9-12-8-13(18)4-6-15(12)23-2/h3-9H,10H2,1-2H3,(H,21,22). The van der Waals surface area contributed by atoms with E-state index >= 15 is 0 Å². The summed E-state index contributed by atoms with van der Waals surface area (Å²) in [6.07, 6.45) is 1.52. The van der Waals surface area contributed by atoms with E-state index in [2.05, 4.69) is 42.4 Å². The second kappa shape index (κ2) is 8.84. The van der Waals surface area contributed by atoms with Gasteiger partial charge in [0, 0.05) is 10.0 Å². The van der Waals surface area contributed by atoms with Crippen molar-refractivity contribution in [2.24, 2.45) is 5.10 Å². The first-order valence-corrected chi connectivity index (χ1v) is 8.62. The molecule has 0 fully saturated rings. The number of benzene rings is 2. The zero-order valence-electron chi connectivity index (χ0n) is 13.2. The van der Waals surface area contributed by atoms with Gasteiger partial charge in [-0.05, 0) is 58.7 Å². The number of amides is 1. The molecule has 0 aromatic heterocycles. The van der Waals surface area contributed by atoms with Gasteiger partial charge in [-0.2, -0.15) is 5.10 Å². The minimum absolute atomic E-state index is 0.130. The molecule has 1 amide bonds. The van der Waals surface area contributed by atoms with Crippen LogP contribution in [-0.2, 0) is 4.79 Å². The fourth-order valence-electron chi connectivity index (χ4n) is 1.88. The number of halogens is 2. The Morgan fingerprint density at radius 2 is 1.96 bits per heavy atom. The number of rotatable bonds is 6. The van der Waals surface area contributed by atoms with Gasteiger partial charge < -0.3 is 9.47 Å². The Labute approximate surface area is 157 Å². The van der Waals surface area contributed by atoms with Crippen LogP contribution in [0.4, 0.5) is 0 Å². The summed E-state index contributed by atoms with van der Waals surface area (Å²) in [7, 11) is 1.58. The number of nitrogens with zero attached hydrogens (tertiary/aromatic N) is 1. The molecule has 0 aliphatic carbocycles. The molecule has 0 atom stereocenters. The lowest BCUT2D eigenvalue weighted by atomic mass is 10.2. The van der Waals surface area contributed by atoms with Crippen LogP contribution in [0.2, 0.25) is 0 Å². The Bertz CT molecular complexity index is 763. The van der Waals surface area contributed by atoms with E-state index in [4.69, 9.17) is 9.47 Å². The number of hydrazone groups is 1. The van der Waals surface area contributed by atoms with Crippen LogP contribution >= 0.6 is 31.9 Å². The molecule has 2 aromatic rings. The molecule has 0 bridgehead atoms. The maximum atomic E-state index is 11.8. The van der Waals surface area contributed by atoms with Crippen LogP contribution in [0.5, 0.6) is 11.5 Å². The van der Waals surface area contributed by atoms with Crippen LogP contribution in [0.25, 0.3) is 0 Å². The highest BCUT2D eigenvalue weighted by molar-refractivity contribution is 9.10. The molecule has 0 aliphatic heterocycles. The van der Waals surface area contributed by atoms with Crippen LogP contribution < -0.4 is 14.9 Å². The van der Waals surface area contributed by atoms with E-state index in [1.807, 2.05) is 43.3 Å². The Morgan fingerprint density at radius 3 is 2.67 bits per heavy atom. The van der Waals surface area contributed by atoms with Crippen molar-refractivity contribution in [1.82, 2.24) is 5.43 Å². The molecule has 126 valence electrons. The molecule has 5 nitrogen and oxygen atoms in total. The van der Waals surface area contributed by atoms with Gasteiger partial charge in [-0.25, -0.2) is 5.43 Å². The minimum Gasteiger partial charge on any atom is -0.496 e. The van der Waals surface area contributed by atoms with Gasteiger partial charge in [0.05, 0.1) is 17.8 Å². The average Bonchev–Trinajstić information content (AvgIpc) is 2.54. The molecular weight excluding hydrogens is 440 g/mol. The van der Waals surface area contributed by atoms with Gasteiger partial charge in [0.15, 0.2) is 6.61 Å². The van der Waals surface area contributed by atoms with E-state index in [0.717, 1.165) is 20.1 Å². The molecule has 24 heavy (non-hydrogen) atoms. The van der Waals surface area contributed by atoms with Gasteiger partial charge in [-0.3, -0.25) is 4.79 Å². The lowest BCUT2D eigenvalue weighted by molar-refractivity contribution is -0.123. The summed E-state index contributed by atoms with van der Waals surface area (Å²) in [5.74, 6) is 0.914. The zero-order chi connectivity index (χ0) is 17.5. The molecule has 0 radical (unpaired) electrons. The molecule has 0 aliphatic rings. The van der Waals surface area contributed by atoms with E-state index < -0.39 is 0 Å². The van der Waals surface area contributed by atoms with Crippen molar-refractivity contribution < 1.29 is 14.3 Å². The Morgan fingerprint density at radius 1 is 1.21 bits per heavy atom. The summed E-state index contributed by atoms with van der Waals surface area (Å²) < 4.78 is 12.4. The normalized spacial score (nSPS) is 10.7. The molecule has 2 aromatic carbocycles. The molecule has 7 heteroatoms. The number of methoxy groups -OCH3 is 1. The summed E-state index contributed by atoms with van der Waals surface area (Å²) >= 11 is 6.78. The number of hydrogen-bond acceptors (Lipinski definition) is 4. The second-order valence-corrected chi connectivity index (χ2v) is 6.67. The van der Waals surface area contributed by atoms with Crippen molar-refractivity contribution >= 4 is 44.0 Å². The van der Waals surface area contributed by atoms with E-state index in [1.165, 1.54) is 6.21 Å². The predicted molar refractivity (Wildman–Crippen MR) is 101 cm³/mol. The van der Waals surface area contributed by atoms with Gasteiger partial charge >= 0.3 is 0 Å². The molecule has 2 rings (SSSR count). The lowest BCUT2D eigenvalue weighted by Gasteiger charge is -2.08. The third-order valence-corrected chi connectivity index (χ3v) is 4.14. The van der Waals surface area contributed by atoms with Crippen molar-refractivity contribution in [1.29, 1.82) is 0 Å². The molecule has 1 N–H and O–H groups in total. The summed E-state index contributed by atoms with van der Waals surface area (Å²) in [5, 5.41) is 3.92. The fourth-order valence-corrected chi connectivity index (χ4v) is 2.86. The quantitative estimate of drug-likeness (QED) is 0.527. The first-order chi connectivity index (χ1) is 11.5. The highest BCUT2D eigenvalue weighted by Gasteiger charge is 2.05. The Balaban J connectivity index is 1.90. The van der Waals surface area contributed by atoms with Crippen LogP contribution in [0.3, 0.4) is 0 Å². The lowest BCUT2D eigenvalue weighted by Crippen LogP contribution is -2.24. The van der Waals surface area contributed by atoms with Crippen LogP contribution in [-0.4, -0.2) is 25.8 Å². The van der Waals surface area contributed by atoms with Gasteiger partial charge in [-0.15, -0.1) is 0 Å². The van der Waals surface area contributed by atoms with Crippen LogP contribution in [0, 0.1) is 6.92 Å². The fraction of sp³-hybridized carbons (Fsp3) is 0.176. The highest BCUT2D eigenvalue weighted by Crippen LogP contribution is 2.25. The first-order valence-electron chi connectivity index (χ1n) is 7.04. The smallest absolute Gasteiger partial charge is 0.277 e. The minimum atomic E-state index is -0.354. The summed E-state index contributed by atoms with van der Waals surface area (Å²) in [4.78, 5) is 11.8. The van der Waals surface area contributed by atoms with Crippen molar-refractivity contribution in [3.8, 4) is 11.5 Å². The largest absolute Gasteiger partial charge is 0.496 e. The molecular formula is C17H16Br2N2O3. The van der Waals surface area contributed by atoms with Crippen molar-refractivity contribution in [3.05, 3.63) is 56.5 Å². The zero-order valence-corrected chi connectivity index (χ0v) is 16.3. The van der Waals surface area contributed by atoms with Crippen LogP contribution in [0.1, 0.15) is 11.1 Å². The van der Waals surface area contributed by atoms with E-state index in [1.54, 1.807) is 7.11 Å². The molecule has 0 heterocycles. The Hall–Kier alpha value is -1.86. The van der Waals surface area contributed by atoms with Crippen LogP contribution in [0.15, 0.2) is 50.4 Å². The number of ether oxygens (including phenoxy) is 2. The number of carbonyl (C=O) groups excluding carboxylic acids is 1. The number of carbonyl (C=O) groups is 1. The monoisotopic (exact) mass is 454 g/mol. The van der Waals surface area contributed by atoms with Crippen molar-refractivity contribution in [3.63, 3.8) is 0 Å². The second-order valence-electron chi connectivity index (χ2n) is 4.90. The number of hydrogen-bond donors (Lipinski definition) is 1. The van der Waals surface area contributed by atoms with Gasteiger partial charge in [0.1, 0.15) is 11.5 Å². The van der Waals surface area contributed by atoms with Gasteiger partial charge in [-0.1, -0.05) is 22.0 Å². The number of nitrogens with one attached hydrogen (secondary N) is 1. The maximum Gasteiger partial charge on any atom is 0.277 e. The van der Waals surface area contributed by atoms with E-state index in [0.29, 0.717) is 11.5 Å². The topological polar surface area (TPSA) is 59.9 Å². The van der Waals surface area contributed by atoms with Gasteiger partial charge in [0.25, 0.3) is 5.91 Å². The highest BCUT2D eigenvalue weighted by atomic mass is 79.9. The molecule has 0 saturated heterocycles. The SMILES string of the molecule is COc1ccc(Br)cc1C=NNC(=O)COc1ccc(C)cc1Br. The first kappa shape index (κ1) is 18.5. The van der Waals surface area contributed by atoms with Crippen molar-refractivity contribution in [2.45, 2.75) is 6.92 Å². The third kappa shape index (κ3) is 5.35. The molecule has 0 unspecified atom stereocenters. The Kier molecular flexibility index (Phi) is 6.81. The maximum absolute atomic E-state index is 11.8. The van der Waals surface area contributed by atoms with E-state index in [9.17, 15) is 4.79 Å². The molecule has 0 spiro atoms. The summed E-state index contributed by atoms with van der Waals surface area (Å²) in [6.45, 7) is 1.85. The summed E-state index contributed by atoms with van der Waals surface area (Å²) in [5.41, 5.74) is 4.27. The van der Waals surface area contributed by atoms with Crippen molar-refractivity contribution in [2.75, 3.05) is 13.7 Å². The predicted octanol–water partition coefficient (Wildman–Crippen LogP) is 4.06. The number of aryl methyl sites for hydroxylation is 1. The van der Waals surface area contributed by atoms with Gasteiger partial charge in [0.2, 0.25) is 0 Å². The average molecular weight is 456 g/mol.